The Morgan fingerprint density at radius 1 is 1.45 bits per heavy atom. The molecule has 1 N–H and O–H groups in total. The third-order valence-electron chi connectivity index (χ3n) is 2.82. The van der Waals surface area contributed by atoms with Gasteiger partial charge in [-0.25, -0.2) is 14.5 Å². The van der Waals surface area contributed by atoms with Crippen LogP contribution < -0.4 is 0 Å². The minimum Gasteiger partial charge on any atom is -0.478 e. The van der Waals surface area contributed by atoms with Gasteiger partial charge in [-0.15, -0.1) is 5.10 Å². The van der Waals surface area contributed by atoms with Crippen LogP contribution in [0.5, 0.6) is 0 Å². The van der Waals surface area contributed by atoms with Crippen LogP contribution >= 0.6 is 0 Å². The number of hydrogen-bond donors (Lipinski definition) is 1. The summed E-state index contributed by atoms with van der Waals surface area (Å²) in [6.45, 7) is 0.102. The monoisotopic (exact) mass is 268 g/mol. The van der Waals surface area contributed by atoms with Crippen molar-refractivity contribution in [2.75, 3.05) is 0 Å². The molecule has 1 aromatic carbocycles. The lowest BCUT2D eigenvalue weighted by atomic mass is 10.1. The molecule has 0 spiro atoms. The number of carboxylic acid groups (broad SMARTS) is 1. The van der Waals surface area contributed by atoms with E-state index in [1.807, 2.05) is 6.07 Å². The lowest BCUT2D eigenvalue weighted by molar-refractivity contribution is 0.0696. The van der Waals surface area contributed by atoms with E-state index in [0.717, 1.165) is 0 Å². The van der Waals surface area contributed by atoms with Crippen molar-refractivity contribution >= 4 is 16.9 Å². The molecule has 0 amide bonds. The molecule has 0 fully saturated rings. The molecule has 0 aliphatic heterocycles. The van der Waals surface area contributed by atoms with Crippen LogP contribution in [0.25, 0.3) is 11.0 Å². The van der Waals surface area contributed by atoms with E-state index in [2.05, 4.69) is 10.1 Å². The van der Waals surface area contributed by atoms with Crippen LogP contribution in [0.1, 0.15) is 21.9 Å². The smallest absolute Gasteiger partial charge is 0.339 e. The number of rotatable bonds is 3. The molecule has 0 saturated carbocycles. The first-order valence-corrected chi connectivity index (χ1v) is 5.72. The molecule has 0 radical (unpaired) electrons. The lowest BCUT2D eigenvalue weighted by Gasteiger charge is -1.98. The van der Waals surface area contributed by atoms with Crippen molar-refractivity contribution in [3.8, 4) is 6.07 Å². The summed E-state index contributed by atoms with van der Waals surface area (Å²) in [6.07, 6.45) is 1.36. The highest BCUT2D eigenvalue weighted by Gasteiger charge is 2.20. The van der Waals surface area contributed by atoms with Gasteiger partial charge in [0.1, 0.15) is 35.8 Å². The van der Waals surface area contributed by atoms with Gasteiger partial charge < -0.3 is 9.52 Å². The molecule has 0 bridgehead atoms. The molecule has 3 aromatic rings. The number of nitriles is 1. The maximum atomic E-state index is 11.4. The first-order valence-electron chi connectivity index (χ1n) is 5.72. The zero-order valence-corrected chi connectivity index (χ0v) is 10.1. The number of carboxylic acids is 1. The Bertz CT molecular complexity index is 841. The lowest BCUT2D eigenvalue weighted by Crippen LogP contribution is -2.05. The minimum atomic E-state index is -1.06. The number of para-hydroxylation sites is 1. The maximum absolute atomic E-state index is 11.4. The van der Waals surface area contributed by atoms with Crippen LogP contribution in [0.3, 0.4) is 0 Å². The summed E-state index contributed by atoms with van der Waals surface area (Å²) in [7, 11) is 0. The van der Waals surface area contributed by atoms with Crippen molar-refractivity contribution in [2.45, 2.75) is 6.54 Å². The first-order chi connectivity index (χ1) is 9.69. The maximum Gasteiger partial charge on any atom is 0.339 e. The van der Waals surface area contributed by atoms with Crippen molar-refractivity contribution in [3.63, 3.8) is 0 Å². The second kappa shape index (κ2) is 4.51. The van der Waals surface area contributed by atoms with Gasteiger partial charge in [0.05, 0.1) is 0 Å². The van der Waals surface area contributed by atoms with Crippen molar-refractivity contribution in [3.05, 3.63) is 47.7 Å². The van der Waals surface area contributed by atoms with Gasteiger partial charge in [-0.1, -0.05) is 18.2 Å². The summed E-state index contributed by atoms with van der Waals surface area (Å²) in [5, 5.41) is 22.4. The van der Waals surface area contributed by atoms with E-state index in [1.165, 1.54) is 11.0 Å². The number of nitrogens with zero attached hydrogens (tertiary/aromatic N) is 4. The highest BCUT2D eigenvalue weighted by atomic mass is 16.4. The van der Waals surface area contributed by atoms with E-state index in [1.54, 1.807) is 24.3 Å². The molecule has 7 nitrogen and oxygen atoms in total. The van der Waals surface area contributed by atoms with Crippen LogP contribution in [0.4, 0.5) is 0 Å². The van der Waals surface area contributed by atoms with E-state index in [0.29, 0.717) is 11.0 Å². The van der Waals surface area contributed by atoms with Crippen LogP contribution in [0, 0.1) is 11.3 Å². The quantitative estimate of drug-likeness (QED) is 0.774. The van der Waals surface area contributed by atoms with Gasteiger partial charge in [-0.2, -0.15) is 5.26 Å². The topological polar surface area (TPSA) is 105 Å². The third kappa shape index (κ3) is 1.89. The number of hydrogen-bond acceptors (Lipinski definition) is 5. The molecular weight excluding hydrogens is 260 g/mol. The number of carbonyl (C=O) groups is 1. The molecule has 3 rings (SSSR count). The fourth-order valence-corrected chi connectivity index (χ4v) is 2.01. The Balaban J connectivity index is 2.09. The van der Waals surface area contributed by atoms with Gasteiger partial charge in [0.2, 0.25) is 0 Å². The van der Waals surface area contributed by atoms with Crippen LogP contribution in [0.15, 0.2) is 35.0 Å². The molecule has 7 heteroatoms. The Labute approximate surface area is 112 Å². The molecule has 0 saturated heterocycles. The van der Waals surface area contributed by atoms with Gasteiger partial charge in [-0.05, 0) is 6.07 Å². The van der Waals surface area contributed by atoms with Crippen LogP contribution in [0.2, 0.25) is 0 Å². The summed E-state index contributed by atoms with van der Waals surface area (Å²) in [5.41, 5.74) is 0.607. The minimum absolute atomic E-state index is 0.0259. The van der Waals surface area contributed by atoms with E-state index in [-0.39, 0.29) is 23.7 Å². The number of fused-ring (bicyclic) bond motifs is 1. The Hall–Kier alpha value is -3.14. The molecule has 0 aliphatic carbocycles. The van der Waals surface area contributed by atoms with Gasteiger partial charge in [-0.3, -0.25) is 0 Å². The fourth-order valence-electron chi connectivity index (χ4n) is 2.01. The summed E-state index contributed by atoms with van der Waals surface area (Å²) >= 11 is 0. The normalized spacial score (nSPS) is 10.6. The third-order valence-corrected chi connectivity index (χ3v) is 2.82. The zero-order valence-electron chi connectivity index (χ0n) is 10.1. The van der Waals surface area contributed by atoms with Gasteiger partial charge >= 0.3 is 5.97 Å². The zero-order chi connectivity index (χ0) is 14.1. The Kier molecular flexibility index (Phi) is 2.69. The van der Waals surface area contributed by atoms with Crippen molar-refractivity contribution in [1.29, 1.82) is 5.26 Å². The number of aromatic nitrogens is 3. The molecule has 20 heavy (non-hydrogen) atoms. The van der Waals surface area contributed by atoms with Crippen molar-refractivity contribution < 1.29 is 14.3 Å². The molecule has 98 valence electrons. The highest BCUT2D eigenvalue weighted by Crippen LogP contribution is 2.26. The summed E-state index contributed by atoms with van der Waals surface area (Å²) < 4.78 is 6.92. The van der Waals surface area contributed by atoms with E-state index < -0.39 is 5.97 Å². The SMILES string of the molecule is N#Cc1ncn(Cc2oc3ccccc3c2C(=O)O)n1. The molecule has 2 heterocycles. The Morgan fingerprint density at radius 2 is 2.25 bits per heavy atom. The second-order valence-electron chi connectivity index (χ2n) is 4.08. The molecule has 0 atom stereocenters. The van der Waals surface area contributed by atoms with Gasteiger partial charge in [0.25, 0.3) is 5.82 Å². The van der Waals surface area contributed by atoms with Gasteiger partial charge in [0, 0.05) is 5.39 Å². The predicted molar refractivity (Wildman–Crippen MR) is 67.0 cm³/mol. The molecule has 2 aromatic heterocycles. The van der Waals surface area contributed by atoms with E-state index in [4.69, 9.17) is 9.68 Å². The molecular formula is C13H8N4O3. The average molecular weight is 268 g/mol. The van der Waals surface area contributed by atoms with Crippen LogP contribution in [-0.2, 0) is 6.54 Å². The average Bonchev–Trinajstić information content (AvgIpc) is 3.02. The first kappa shape index (κ1) is 11.9. The summed E-state index contributed by atoms with van der Waals surface area (Å²) in [5.74, 6) is -0.767. The highest BCUT2D eigenvalue weighted by molar-refractivity contribution is 6.03. The molecule has 0 aliphatic rings. The van der Waals surface area contributed by atoms with E-state index in [9.17, 15) is 9.90 Å². The largest absolute Gasteiger partial charge is 0.478 e. The van der Waals surface area contributed by atoms with E-state index >= 15 is 0 Å². The number of benzene rings is 1. The predicted octanol–water partition coefficient (Wildman–Crippen LogP) is 1.64. The number of aromatic carboxylic acids is 1. The fraction of sp³-hybridized carbons (Fsp3) is 0.0769. The Morgan fingerprint density at radius 3 is 2.95 bits per heavy atom. The summed E-state index contributed by atoms with van der Waals surface area (Å²) in [6, 6.07) is 8.71. The van der Waals surface area contributed by atoms with Crippen LogP contribution in [-0.4, -0.2) is 25.8 Å². The molecule has 0 unspecified atom stereocenters. The standard InChI is InChI=1S/C13H8N4O3/c14-5-11-15-7-17(16-11)6-10-12(13(18)19)8-3-1-2-4-9(8)20-10/h1-4,7H,6H2,(H,18,19). The summed E-state index contributed by atoms with van der Waals surface area (Å²) in [4.78, 5) is 15.2. The van der Waals surface area contributed by atoms with Crippen molar-refractivity contribution in [1.82, 2.24) is 14.8 Å². The van der Waals surface area contributed by atoms with Crippen molar-refractivity contribution in [2.24, 2.45) is 0 Å². The number of furan rings is 1. The van der Waals surface area contributed by atoms with Gasteiger partial charge in [0.15, 0.2) is 0 Å². The second-order valence-corrected chi connectivity index (χ2v) is 4.08.